The van der Waals surface area contributed by atoms with E-state index < -0.39 is 53.6 Å². The Bertz CT molecular complexity index is 1530. The third kappa shape index (κ3) is 4.57. The molecule has 0 fully saturated rings. The fraction of sp³-hybridized carbons (Fsp3) is 0.226. The van der Waals surface area contributed by atoms with Crippen LogP contribution in [0.25, 0.3) is 0 Å². The van der Waals surface area contributed by atoms with E-state index in [1.54, 1.807) is 68.4 Å². The number of carbonyl (C=O) groups is 6. The second-order valence-electron chi connectivity index (χ2n) is 10.5. The van der Waals surface area contributed by atoms with Gasteiger partial charge in [-0.15, -0.1) is 0 Å². The highest BCUT2D eigenvalue weighted by Gasteiger charge is 2.55. The zero-order chi connectivity index (χ0) is 29.5. The largest absolute Gasteiger partial charge is 0.323 e. The van der Waals surface area contributed by atoms with Crippen molar-refractivity contribution in [1.29, 1.82) is 0 Å². The minimum absolute atomic E-state index is 0.0320. The number of fused-ring (bicyclic) bond motifs is 2. The van der Waals surface area contributed by atoms with E-state index in [0.29, 0.717) is 10.5 Å². The molecule has 6 amide bonds. The SMILES string of the molecule is CC(C)CC(C(=O)NC(Cc1ccccc1)(C([NH])=O)N1C(=O)c2ccccc2C1=O)N1C(=O)c2ccccc2C1=O. The van der Waals surface area contributed by atoms with Crippen LogP contribution in [0.15, 0.2) is 78.9 Å². The third-order valence-corrected chi connectivity index (χ3v) is 7.32. The molecule has 2 heterocycles. The van der Waals surface area contributed by atoms with E-state index in [4.69, 9.17) is 5.73 Å². The molecule has 2 aliphatic heterocycles. The van der Waals surface area contributed by atoms with Gasteiger partial charge in [-0.25, -0.2) is 4.90 Å². The van der Waals surface area contributed by atoms with Crippen LogP contribution >= 0.6 is 0 Å². The summed E-state index contributed by atoms with van der Waals surface area (Å²) >= 11 is 0. The number of nitrogens with one attached hydrogen (secondary N) is 2. The first-order valence-corrected chi connectivity index (χ1v) is 13.1. The Kier molecular flexibility index (Phi) is 7.00. The van der Waals surface area contributed by atoms with Crippen LogP contribution in [-0.2, 0) is 16.0 Å². The van der Waals surface area contributed by atoms with Gasteiger partial charge in [0.1, 0.15) is 6.04 Å². The molecule has 0 aromatic heterocycles. The average Bonchev–Trinajstić information content (AvgIpc) is 3.36. The third-order valence-electron chi connectivity index (χ3n) is 7.32. The molecule has 3 aromatic rings. The molecule has 0 aliphatic carbocycles. The van der Waals surface area contributed by atoms with Crippen molar-refractivity contribution in [1.82, 2.24) is 20.9 Å². The first-order chi connectivity index (χ1) is 19.6. The highest BCUT2D eigenvalue weighted by Crippen LogP contribution is 2.33. The molecule has 10 heteroatoms. The first kappa shape index (κ1) is 27.4. The summed E-state index contributed by atoms with van der Waals surface area (Å²) in [5.41, 5.74) is 6.67. The Morgan fingerprint density at radius 3 is 1.61 bits per heavy atom. The van der Waals surface area contributed by atoms with Crippen LogP contribution in [0.1, 0.15) is 67.3 Å². The summed E-state index contributed by atoms with van der Waals surface area (Å²) in [6.45, 7) is 3.60. The fourth-order valence-corrected chi connectivity index (χ4v) is 5.40. The lowest BCUT2D eigenvalue weighted by Gasteiger charge is -2.39. The number of rotatable bonds is 9. The lowest BCUT2D eigenvalue weighted by atomic mass is 9.94. The van der Waals surface area contributed by atoms with Crippen LogP contribution in [0.5, 0.6) is 0 Å². The number of nitrogens with zero attached hydrogens (tertiary/aromatic N) is 2. The lowest BCUT2D eigenvalue weighted by molar-refractivity contribution is -0.139. The number of benzene rings is 3. The highest BCUT2D eigenvalue weighted by molar-refractivity contribution is 6.24. The monoisotopic (exact) mass is 551 g/mol. The molecule has 207 valence electrons. The zero-order valence-electron chi connectivity index (χ0n) is 22.4. The van der Waals surface area contributed by atoms with Gasteiger partial charge in [0.25, 0.3) is 29.5 Å². The zero-order valence-corrected chi connectivity index (χ0v) is 22.4. The van der Waals surface area contributed by atoms with Crippen LogP contribution in [0.4, 0.5) is 0 Å². The van der Waals surface area contributed by atoms with Crippen molar-refractivity contribution in [3.05, 3.63) is 107 Å². The van der Waals surface area contributed by atoms with Gasteiger partial charge in [-0.2, -0.15) is 0 Å². The van der Waals surface area contributed by atoms with Gasteiger partial charge >= 0.3 is 0 Å². The van der Waals surface area contributed by atoms with Crippen molar-refractivity contribution < 1.29 is 28.8 Å². The second-order valence-corrected chi connectivity index (χ2v) is 10.5. The molecular weight excluding hydrogens is 524 g/mol. The topological polar surface area (TPSA) is 145 Å². The van der Waals surface area contributed by atoms with Crippen molar-refractivity contribution in [2.45, 2.75) is 38.4 Å². The molecule has 2 atom stereocenters. The molecule has 0 bridgehead atoms. The van der Waals surface area contributed by atoms with Crippen LogP contribution in [-0.4, -0.2) is 56.9 Å². The van der Waals surface area contributed by atoms with E-state index in [1.807, 2.05) is 0 Å². The fourth-order valence-electron chi connectivity index (χ4n) is 5.40. The summed E-state index contributed by atoms with van der Waals surface area (Å²) in [5, 5.41) is 2.53. The molecule has 5 rings (SSSR count). The van der Waals surface area contributed by atoms with Crippen LogP contribution in [0, 0.1) is 5.92 Å². The van der Waals surface area contributed by atoms with Crippen molar-refractivity contribution in [2.24, 2.45) is 5.92 Å². The van der Waals surface area contributed by atoms with Gasteiger partial charge in [-0.05, 0) is 42.2 Å². The molecule has 2 unspecified atom stereocenters. The Balaban J connectivity index is 1.60. The number of amides is 6. The Morgan fingerprint density at radius 2 is 1.17 bits per heavy atom. The van der Waals surface area contributed by atoms with Crippen molar-refractivity contribution in [3.63, 3.8) is 0 Å². The summed E-state index contributed by atoms with van der Waals surface area (Å²) in [6.07, 6.45) is -0.364. The number of hydrogen-bond donors (Lipinski definition) is 1. The smallest absolute Gasteiger partial charge is 0.286 e. The standard InChI is InChI=1S/C31H27N4O6/c1-18(2)16-24(34-26(37)20-12-6-7-13-21(20)27(34)38)25(36)33-31(30(32)41,17-19-10-4-3-5-11-19)35-28(39)22-14-8-9-15-23(22)29(35)40/h3-15,18,24,32H,16-17H2,1-2H3,(H,33,36). The average molecular weight is 552 g/mol. The molecule has 10 nitrogen and oxygen atoms in total. The maximum Gasteiger partial charge on any atom is 0.286 e. The van der Waals surface area contributed by atoms with Crippen LogP contribution in [0.2, 0.25) is 0 Å². The maximum atomic E-state index is 14.1. The van der Waals surface area contributed by atoms with Crippen molar-refractivity contribution in [3.8, 4) is 0 Å². The Morgan fingerprint density at radius 1 is 0.732 bits per heavy atom. The van der Waals surface area contributed by atoms with E-state index in [2.05, 4.69) is 5.32 Å². The van der Waals surface area contributed by atoms with Gasteiger partial charge < -0.3 is 5.32 Å². The maximum absolute atomic E-state index is 14.1. The summed E-state index contributed by atoms with van der Waals surface area (Å²) in [7, 11) is 0. The lowest BCUT2D eigenvalue weighted by Crippen LogP contribution is -2.70. The molecule has 0 spiro atoms. The summed E-state index contributed by atoms with van der Waals surface area (Å²) < 4.78 is 0. The van der Waals surface area contributed by atoms with Crippen LogP contribution in [0.3, 0.4) is 0 Å². The highest BCUT2D eigenvalue weighted by atomic mass is 16.2. The summed E-state index contributed by atoms with van der Waals surface area (Å²) in [4.78, 5) is 82.7. The number of hydrogen-bond acceptors (Lipinski definition) is 6. The van der Waals surface area contributed by atoms with E-state index >= 15 is 0 Å². The van der Waals surface area contributed by atoms with E-state index in [-0.39, 0.29) is 34.6 Å². The number of carbonyl (C=O) groups excluding carboxylic acids is 6. The molecule has 1 radical (unpaired) electrons. The predicted octanol–water partition coefficient (Wildman–Crippen LogP) is 2.86. The minimum atomic E-state index is -2.46. The van der Waals surface area contributed by atoms with E-state index in [9.17, 15) is 28.8 Å². The van der Waals surface area contributed by atoms with Gasteiger partial charge in [0, 0.05) is 6.42 Å². The quantitative estimate of drug-likeness (QED) is 0.405. The van der Waals surface area contributed by atoms with E-state index in [0.717, 1.165) is 4.90 Å². The number of imide groups is 2. The molecule has 0 saturated carbocycles. The molecule has 0 saturated heterocycles. The van der Waals surface area contributed by atoms with Gasteiger partial charge in [-0.1, -0.05) is 68.4 Å². The predicted molar refractivity (Wildman–Crippen MR) is 146 cm³/mol. The van der Waals surface area contributed by atoms with Gasteiger partial charge in [0.15, 0.2) is 0 Å². The summed E-state index contributed by atoms with van der Waals surface area (Å²) in [5.74, 6) is -5.55. The normalized spacial score (nSPS) is 16.5. The molecule has 2 N–H and O–H groups in total. The molecule has 3 aromatic carbocycles. The van der Waals surface area contributed by atoms with Gasteiger partial charge in [0.05, 0.1) is 22.3 Å². The Labute approximate surface area is 236 Å². The van der Waals surface area contributed by atoms with Gasteiger partial charge in [-0.3, -0.25) is 39.4 Å². The van der Waals surface area contributed by atoms with Crippen molar-refractivity contribution >= 4 is 35.4 Å². The minimum Gasteiger partial charge on any atom is -0.323 e. The summed E-state index contributed by atoms with van der Waals surface area (Å²) in [6, 6.07) is 19.2. The first-order valence-electron chi connectivity index (χ1n) is 13.1. The van der Waals surface area contributed by atoms with Gasteiger partial charge in [0.2, 0.25) is 11.6 Å². The second kappa shape index (κ2) is 10.5. The molecule has 41 heavy (non-hydrogen) atoms. The van der Waals surface area contributed by atoms with Crippen LogP contribution < -0.4 is 11.1 Å². The van der Waals surface area contributed by atoms with Crippen molar-refractivity contribution in [2.75, 3.05) is 0 Å². The Hall–Kier alpha value is -5.12. The molecule has 2 aliphatic rings. The van der Waals surface area contributed by atoms with E-state index in [1.165, 1.54) is 24.3 Å². The molecular formula is C31H27N4O6.